The summed E-state index contributed by atoms with van der Waals surface area (Å²) in [5.41, 5.74) is 1.45. The highest BCUT2D eigenvalue weighted by Crippen LogP contribution is 2.15. The van der Waals surface area contributed by atoms with Crippen molar-refractivity contribution in [2.45, 2.75) is 13.1 Å². The van der Waals surface area contributed by atoms with Gasteiger partial charge in [0.05, 0.1) is 17.7 Å². The van der Waals surface area contributed by atoms with E-state index in [0.717, 1.165) is 5.56 Å². The third-order valence-electron chi connectivity index (χ3n) is 3.83. The molecule has 0 spiro atoms. The molecule has 3 rings (SSSR count). The summed E-state index contributed by atoms with van der Waals surface area (Å²) >= 11 is 0. The first-order valence-electron chi connectivity index (χ1n) is 8.24. The van der Waals surface area contributed by atoms with E-state index in [0.29, 0.717) is 24.4 Å². The molecule has 0 fully saturated rings. The highest BCUT2D eigenvalue weighted by Gasteiger charge is 2.14. The van der Waals surface area contributed by atoms with E-state index in [2.05, 4.69) is 4.98 Å². The molecule has 136 valence electrons. The van der Waals surface area contributed by atoms with Crippen molar-refractivity contribution in [3.8, 4) is 0 Å². The van der Waals surface area contributed by atoms with Crippen LogP contribution in [0.25, 0.3) is 6.08 Å². The first kappa shape index (κ1) is 18.1. The van der Waals surface area contributed by atoms with E-state index in [9.17, 15) is 14.9 Å². The summed E-state index contributed by atoms with van der Waals surface area (Å²) in [5, 5.41) is 10.9. The van der Waals surface area contributed by atoms with Gasteiger partial charge >= 0.3 is 0 Å². The van der Waals surface area contributed by atoms with Gasteiger partial charge in [-0.2, -0.15) is 0 Å². The number of nitrogens with zero attached hydrogens (tertiary/aromatic N) is 3. The summed E-state index contributed by atoms with van der Waals surface area (Å²) in [6, 6.07) is 13.4. The van der Waals surface area contributed by atoms with Gasteiger partial charge in [-0.25, -0.2) is 0 Å². The number of amides is 1. The van der Waals surface area contributed by atoms with E-state index in [4.69, 9.17) is 4.42 Å². The summed E-state index contributed by atoms with van der Waals surface area (Å²) in [6.45, 7) is 0.673. The van der Waals surface area contributed by atoms with Crippen molar-refractivity contribution < 1.29 is 14.1 Å². The van der Waals surface area contributed by atoms with Crippen LogP contribution < -0.4 is 0 Å². The zero-order chi connectivity index (χ0) is 19.1. The summed E-state index contributed by atoms with van der Waals surface area (Å²) in [6.07, 6.45) is 7.89. The third-order valence-corrected chi connectivity index (χ3v) is 3.83. The van der Waals surface area contributed by atoms with Gasteiger partial charge in [-0.3, -0.25) is 19.9 Å². The molecule has 1 amide bonds. The van der Waals surface area contributed by atoms with E-state index in [-0.39, 0.29) is 11.6 Å². The van der Waals surface area contributed by atoms with Crippen LogP contribution in [0.2, 0.25) is 0 Å². The maximum atomic E-state index is 12.7. The lowest BCUT2D eigenvalue weighted by molar-refractivity contribution is -0.384. The van der Waals surface area contributed by atoms with E-state index in [1.807, 2.05) is 12.1 Å². The van der Waals surface area contributed by atoms with E-state index >= 15 is 0 Å². The zero-order valence-electron chi connectivity index (χ0n) is 14.4. The number of benzene rings is 1. The fraction of sp³-hybridized carbons (Fsp3) is 0.100. The number of aromatic nitrogens is 1. The Morgan fingerprint density at radius 1 is 1.19 bits per heavy atom. The minimum atomic E-state index is -0.467. The van der Waals surface area contributed by atoms with Crippen LogP contribution in [-0.4, -0.2) is 20.7 Å². The smallest absolute Gasteiger partial charge is 0.270 e. The fourth-order valence-corrected chi connectivity index (χ4v) is 2.53. The first-order valence-corrected chi connectivity index (χ1v) is 8.24. The predicted molar refractivity (Wildman–Crippen MR) is 99.3 cm³/mol. The number of non-ortho nitro benzene ring substituents is 1. The van der Waals surface area contributed by atoms with Crippen LogP contribution in [0.1, 0.15) is 16.9 Å². The topological polar surface area (TPSA) is 89.5 Å². The van der Waals surface area contributed by atoms with Crippen molar-refractivity contribution in [3.05, 3.63) is 100 Å². The highest BCUT2D eigenvalue weighted by molar-refractivity contribution is 5.91. The zero-order valence-corrected chi connectivity index (χ0v) is 14.4. The molecule has 0 unspecified atom stereocenters. The maximum absolute atomic E-state index is 12.7. The Hall–Kier alpha value is -3.74. The second-order valence-electron chi connectivity index (χ2n) is 5.82. The maximum Gasteiger partial charge on any atom is 0.270 e. The average molecular weight is 363 g/mol. The molecule has 7 nitrogen and oxygen atoms in total. The molecule has 0 radical (unpaired) electrons. The fourth-order valence-electron chi connectivity index (χ4n) is 2.53. The standard InChI is InChI=1S/C20H17N3O4/c24-20(9-8-16-4-1-6-18(12-16)23(25)26)22(15-19-7-3-11-27-19)14-17-5-2-10-21-13-17/h1-13H,14-15H2. The van der Waals surface area contributed by atoms with Crippen LogP contribution >= 0.6 is 0 Å². The van der Waals surface area contributed by atoms with Gasteiger partial charge < -0.3 is 9.32 Å². The van der Waals surface area contributed by atoms with Crippen LogP contribution in [0.5, 0.6) is 0 Å². The van der Waals surface area contributed by atoms with Crippen molar-refractivity contribution in [3.63, 3.8) is 0 Å². The van der Waals surface area contributed by atoms with E-state index in [1.165, 1.54) is 18.2 Å². The Bertz CT molecular complexity index is 937. The van der Waals surface area contributed by atoms with Crippen LogP contribution in [0.3, 0.4) is 0 Å². The van der Waals surface area contributed by atoms with Gasteiger partial charge in [0, 0.05) is 37.1 Å². The summed E-state index contributed by atoms with van der Waals surface area (Å²) in [7, 11) is 0. The van der Waals surface area contributed by atoms with E-state index in [1.54, 1.807) is 53.9 Å². The Morgan fingerprint density at radius 2 is 2.07 bits per heavy atom. The molecular formula is C20H17N3O4. The molecule has 7 heteroatoms. The lowest BCUT2D eigenvalue weighted by Crippen LogP contribution is -2.28. The number of furan rings is 1. The SMILES string of the molecule is O=C(C=Cc1cccc([N+](=O)[O-])c1)N(Cc1cccnc1)Cc1ccco1. The molecule has 1 aromatic carbocycles. The molecule has 0 saturated heterocycles. The lowest BCUT2D eigenvalue weighted by atomic mass is 10.2. The van der Waals surface area contributed by atoms with Crippen molar-refractivity contribution in [1.29, 1.82) is 0 Å². The number of hydrogen-bond acceptors (Lipinski definition) is 5. The minimum Gasteiger partial charge on any atom is -0.467 e. The monoisotopic (exact) mass is 363 g/mol. The molecule has 3 aromatic rings. The van der Waals surface area contributed by atoms with Crippen molar-refractivity contribution in [2.24, 2.45) is 0 Å². The van der Waals surface area contributed by atoms with Gasteiger partial charge in [0.1, 0.15) is 5.76 Å². The molecule has 0 atom stereocenters. The number of nitro groups is 1. The van der Waals surface area contributed by atoms with Crippen LogP contribution in [-0.2, 0) is 17.9 Å². The van der Waals surface area contributed by atoms with E-state index < -0.39 is 4.92 Å². The summed E-state index contributed by atoms with van der Waals surface area (Å²) in [4.78, 5) is 28.8. The van der Waals surface area contributed by atoms with Crippen molar-refractivity contribution >= 4 is 17.7 Å². The first-order chi connectivity index (χ1) is 13.1. The predicted octanol–water partition coefficient (Wildman–Crippen LogP) is 3.83. The van der Waals surface area contributed by atoms with Gasteiger partial charge in [-0.05, 0) is 35.4 Å². The van der Waals surface area contributed by atoms with Gasteiger partial charge in [0.2, 0.25) is 5.91 Å². The molecule has 0 aliphatic heterocycles. The molecule has 0 N–H and O–H groups in total. The molecular weight excluding hydrogens is 346 g/mol. The van der Waals surface area contributed by atoms with Gasteiger partial charge in [-0.15, -0.1) is 0 Å². The molecule has 2 aromatic heterocycles. The molecule has 27 heavy (non-hydrogen) atoms. The molecule has 0 bridgehead atoms. The Morgan fingerprint density at radius 3 is 2.78 bits per heavy atom. The number of nitro benzene ring substituents is 1. The lowest BCUT2D eigenvalue weighted by Gasteiger charge is -2.20. The molecule has 2 heterocycles. The molecule has 0 aliphatic carbocycles. The Labute approximate surface area is 155 Å². The van der Waals surface area contributed by atoms with Crippen molar-refractivity contribution in [2.75, 3.05) is 0 Å². The highest BCUT2D eigenvalue weighted by atomic mass is 16.6. The number of carbonyl (C=O) groups is 1. The van der Waals surface area contributed by atoms with Crippen LogP contribution in [0.4, 0.5) is 5.69 Å². The summed E-state index contributed by atoms with van der Waals surface area (Å²) in [5.74, 6) is 0.428. The number of hydrogen-bond donors (Lipinski definition) is 0. The molecule has 0 saturated carbocycles. The van der Waals surface area contributed by atoms with Gasteiger partial charge in [-0.1, -0.05) is 18.2 Å². The minimum absolute atomic E-state index is 0.0209. The van der Waals surface area contributed by atoms with Crippen LogP contribution in [0.15, 0.2) is 77.7 Å². The summed E-state index contributed by atoms with van der Waals surface area (Å²) < 4.78 is 5.35. The van der Waals surface area contributed by atoms with Crippen molar-refractivity contribution in [1.82, 2.24) is 9.88 Å². The van der Waals surface area contributed by atoms with Crippen LogP contribution in [0, 0.1) is 10.1 Å². The second-order valence-corrected chi connectivity index (χ2v) is 5.82. The van der Waals surface area contributed by atoms with Gasteiger partial charge in [0.15, 0.2) is 0 Å². The Kier molecular flexibility index (Phi) is 5.73. The quantitative estimate of drug-likeness (QED) is 0.362. The number of rotatable bonds is 7. The molecule has 0 aliphatic rings. The van der Waals surface area contributed by atoms with Gasteiger partial charge in [0.25, 0.3) is 5.69 Å². The largest absolute Gasteiger partial charge is 0.467 e. The normalized spacial score (nSPS) is 10.8. The number of carbonyl (C=O) groups excluding carboxylic acids is 1. The Balaban J connectivity index is 1.77. The average Bonchev–Trinajstić information content (AvgIpc) is 3.20. The third kappa shape index (κ3) is 5.12. The number of pyridine rings is 1. The second kappa shape index (κ2) is 8.57.